The number of para-hydroxylation sites is 1. The first kappa shape index (κ1) is 25.3. The predicted octanol–water partition coefficient (Wildman–Crippen LogP) is 5.91. The molecule has 0 saturated carbocycles. The van der Waals surface area contributed by atoms with Crippen molar-refractivity contribution in [1.29, 1.82) is 0 Å². The second-order valence-corrected chi connectivity index (χ2v) is 9.44. The van der Waals surface area contributed by atoms with Gasteiger partial charge in [-0.2, -0.15) is 0 Å². The van der Waals surface area contributed by atoms with Gasteiger partial charge in [-0.15, -0.1) is 0 Å². The summed E-state index contributed by atoms with van der Waals surface area (Å²) in [6.45, 7) is 4.89. The number of anilines is 1. The van der Waals surface area contributed by atoms with Gasteiger partial charge < -0.3 is 9.30 Å². The zero-order valence-corrected chi connectivity index (χ0v) is 21.8. The zero-order valence-electron chi connectivity index (χ0n) is 21.0. The number of carbonyl (C=O) groups excluding carboxylic acids is 3. The highest BCUT2D eigenvalue weighted by atomic mass is 35.5. The molecule has 1 aliphatic heterocycles. The number of carbonyl (C=O) groups is 3. The smallest absolute Gasteiger partial charge is 0.335 e. The van der Waals surface area contributed by atoms with Gasteiger partial charge in [0.2, 0.25) is 0 Å². The Morgan fingerprint density at radius 1 is 1.00 bits per heavy atom. The van der Waals surface area contributed by atoms with Crippen LogP contribution in [0.15, 0.2) is 78.5 Å². The van der Waals surface area contributed by atoms with Crippen LogP contribution in [-0.4, -0.2) is 29.0 Å². The lowest BCUT2D eigenvalue weighted by Crippen LogP contribution is -2.54. The van der Waals surface area contributed by atoms with E-state index in [2.05, 4.69) is 5.32 Å². The molecular weight excluding hydrogens is 502 g/mol. The molecule has 0 aliphatic carbocycles. The van der Waals surface area contributed by atoms with Crippen molar-refractivity contribution in [2.24, 2.45) is 0 Å². The number of nitrogens with zero attached hydrogens (tertiary/aromatic N) is 2. The molecule has 3 aromatic carbocycles. The van der Waals surface area contributed by atoms with Gasteiger partial charge in [0.1, 0.15) is 17.9 Å². The van der Waals surface area contributed by atoms with E-state index >= 15 is 0 Å². The van der Waals surface area contributed by atoms with E-state index in [1.54, 1.807) is 24.3 Å². The second-order valence-electron chi connectivity index (χ2n) is 9.03. The van der Waals surface area contributed by atoms with Crippen LogP contribution in [0.5, 0.6) is 5.75 Å². The standard InChI is InChI=1S/C30H26ClN3O4/c1-3-20-8-10-22(11-9-20)34-29(36)25(28(35)32-30(34)37)17-21-18-33(27-7-5-4-6-24(21)27)14-15-38-23-12-13-26(31)19(2)16-23/h4-13,16-18H,3,14-15H2,1-2H3,(H,32,35,37). The van der Waals surface area contributed by atoms with Crippen molar-refractivity contribution >= 4 is 52.1 Å². The number of amides is 4. The molecule has 1 saturated heterocycles. The van der Waals surface area contributed by atoms with Gasteiger partial charge in [-0.05, 0) is 66.9 Å². The van der Waals surface area contributed by atoms with Crippen molar-refractivity contribution in [3.05, 3.63) is 100 Å². The second kappa shape index (κ2) is 10.6. The average Bonchev–Trinajstić information content (AvgIpc) is 3.26. The summed E-state index contributed by atoms with van der Waals surface area (Å²) in [5, 5.41) is 3.86. The fraction of sp³-hybridized carbons (Fsp3) is 0.167. The molecule has 4 amide bonds. The molecule has 38 heavy (non-hydrogen) atoms. The van der Waals surface area contributed by atoms with Crippen LogP contribution < -0.4 is 15.0 Å². The number of aryl methyl sites for hydroxylation is 2. The number of rotatable bonds is 7. The average molecular weight is 528 g/mol. The summed E-state index contributed by atoms with van der Waals surface area (Å²) in [7, 11) is 0. The first-order valence-corrected chi connectivity index (χ1v) is 12.7. The summed E-state index contributed by atoms with van der Waals surface area (Å²) >= 11 is 6.10. The number of hydrogen-bond donors (Lipinski definition) is 1. The van der Waals surface area contributed by atoms with Gasteiger partial charge in [-0.1, -0.05) is 48.9 Å². The molecule has 5 rings (SSSR count). The molecule has 1 aromatic heterocycles. The predicted molar refractivity (Wildman–Crippen MR) is 148 cm³/mol. The molecule has 1 fully saturated rings. The first-order chi connectivity index (χ1) is 18.4. The molecule has 192 valence electrons. The summed E-state index contributed by atoms with van der Waals surface area (Å²) in [5.74, 6) is -0.659. The summed E-state index contributed by atoms with van der Waals surface area (Å²) in [6.07, 6.45) is 4.25. The van der Waals surface area contributed by atoms with Crippen LogP contribution in [-0.2, 0) is 22.6 Å². The molecule has 0 radical (unpaired) electrons. The van der Waals surface area contributed by atoms with Gasteiger partial charge in [-0.25, -0.2) is 9.69 Å². The Morgan fingerprint density at radius 2 is 1.76 bits per heavy atom. The molecule has 4 aromatic rings. The molecule has 2 heterocycles. The maximum atomic E-state index is 13.4. The lowest BCUT2D eigenvalue weighted by Gasteiger charge is -2.26. The fourth-order valence-corrected chi connectivity index (χ4v) is 4.59. The number of ether oxygens (including phenoxy) is 1. The number of hydrogen-bond acceptors (Lipinski definition) is 4. The monoisotopic (exact) mass is 527 g/mol. The Morgan fingerprint density at radius 3 is 2.50 bits per heavy atom. The van der Waals surface area contributed by atoms with Gasteiger partial charge >= 0.3 is 6.03 Å². The zero-order chi connectivity index (χ0) is 26.8. The van der Waals surface area contributed by atoms with Crippen LogP contribution in [0.3, 0.4) is 0 Å². The number of barbiturate groups is 1. The van der Waals surface area contributed by atoms with Crippen LogP contribution in [0.25, 0.3) is 17.0 Å². The molecule has 0 bridgehead atoms. The van der Waals surface area contributed by atoms with Crippen molar-refractivity contribution in [2.45, 2.75) is 26.8 Å². The number of aromatic nitrogens is 1. The van der Waals surface area contributed by atoms with Gasteiger partial charge in [0.05, 0.1) is 12.2 Å². The van der Waals surface area contributed by atoms with Crippen LogP contribution >= 0.6 is 11.6 Å². The lowest BCUT2D eigenvalue weighted by atomic mass is 10.1. The Hall–Kier alpha value is -4.36. The van der Waals surface area contributed by atoms with Gasteiger partial charge in [-0.3, -0.25) is 14.9 Å². The molecule has 8 heteroatoms. The van der Waals surface area contributed by atoms with E-state index in [0.29, 0.717) is 29.4 Å². The number of nitrogens with one attached hydrogen (secondary N) is 1. The highest BCUT2D eigenvalue weighted by Gasteiger charge is 2.37. The minimum Gasteiger partial charge on any atom is -0.492 e. The molecular formula is C30H26ClN3O4. The minimum atomic E-state index is -0.765. The molecule has 0 atom stereocenters. The van der Waals surface area contributed by atoms with E-state index in [1.807, 2.05) is 73.1 Å². The Bertz CT molecular complexity index is 1590. The largest absolute Gasteiger partial charge is 0.492 e. The van der Waals surface area contributed by atoms with Crippen molar-refractivity contribution in [3.63, 3.8) is 0 Å². The minimum absolute atomic E-state index is 0.111. The van der Waals surface area contributed by atoms with Crippen molar-refractivity contribution in [1.82, 2.24) is 9.88 Å². The van der Waals surface area contributed by atoms with Crippen LogP contribution in [0.4, 0.5) is 10.5 Å². The molecule has 7 nitrogen and oxygen atoms in total. The van der Waals surface area contributed by atoms with Gasteiger partial charge in [0, 0.05) is 27.7 Å². The van der Waals surface area contributed by atoms with E-state index in [-0.39, 0.29) is 5.57 Å². The number of benzene rings is 3. The maximum absolute atomic E-state index is 13.4. The summed E-state index contributed by atoms with van der Waals surface area (Å²) in [6, 6.07) is 19.6. The quantitative estimate of drug-likeness (QED) is 0.239. The van der Waals surface area contributed by atoms with Crippen molar-refractivity contribution < 1.29 is 19.1 Å². The number of halogens is 1. The van der Waals surface area contributed by atoms with Crippen molar-refractivity contribution in [2.75, 3.05) is 11.5 Å². The Labute approximate surface area is 225 Å². The third-order valence-electron chi connectivity index (χ3n) is 6.55. The van der Waals surface area contributed by atoms with E-state index in [4.69, 9.17) is 16.3 Å². The summed E-state index contributed by atoms with van der Waals surface area (Å²) in [4.78, 5) is 39.7. The summed E-state index contributed by atoms with van der Waals surface area (Å²) in [5.41, 5.74) is 3.93. The summed E-state index contributed by atoms with van der Waals surface area (Å²) < 4.78 is 7.94. The topological polar surface area (TPSA) is 80.6 Å². The van der Waals surface area contributed by atoms with Crippen LogP contribution in [0.2, 0.25) is 5.02 Å². The van der Waals surface area contributed by atoms with Gasteiger partial charge in [0.25, 0.3) is 11.8 Å². The molecule has 1 N–H and O–H groups in total. The van der Waals surface area contributed by atoms with E-state index < -0.39 is 17.8 Å². The molecule has 0 spiro atoms. The third kappa shape index (κ3) is 4.93. The van der Waals surface area contributed by atoms with Gasteiger partial charge in [0.15, 0.2) is 0 Å². The van der Waals surface area contributed by atoms with Crippen molar-refractivity contribution in [3.8, 4) is 5.75 Å². The Balaban J connectivity index is 1.43. The van der Waals surface area contributed by atoms with E-state index in [0.717, 1.165) is 39.1 Å². The Kier molecular flexibility index (Phi) is 7.03. The highest BCUT2D eigenvalue weighted by Crippen LogP contribution is 2.27. The van der Waals surface area contributed by atoms with E-state index in [1.165, 1.54) is 0 Å². The SMILES string of the molecule is CCc1ccc(N2C(=O)NC(=O)C(=Cc3cn(CCOc4ccc(Cl)c(C)c4)c4ccccc34)C2=O)cc1. The molecule has 1 aliphatic rings. The number of fused-ring (bicyclic) bond motifs is 1. The first-order valence-electron chi connectivity index (χ1n) is 12.3. The highest BCUT2D eigenvalue weighted by molar-refractivity contribution is 6.39. The molecule has 0 unspecified atom stereocenters. The third-order valence-corrected chi connectivity index (χ3v) is 6.98. The lowest BCUT2D eigenvalue weighted by molar-refractivity contribution is -0.122. The van der Waals surface area contributed by atoms with E-state index in [9.17, 15) is 14.4 Å². The fourth-order valence-electron chi connectivity index (χ4n) is 4.47. The number of urea groups is 1. The normalized spacial score (nSPS) is 14.9. The van der Waals surface area contributed by atoms with Crippen LogP contribution in [0.1, 0.15) is 23.6 Å². The van der Waals surface area contributed by atoms with Crippen LogP contribution in [0, 0.1) is 6.92 Å². The number of imide groups is 2. The maximum Gasteiger partial charge on any atom is 0.335 e.